The third-order valence-electron chi connectivity index (χ3n) is 5.05. The van der Waals surface area contributed by atoms with E-state index in [9.17, 15) is 18.3 Å². The van der Waals surface area contributed by atoms with E-state index in [0.29, 0.717) is 24.3 Å². The Morgan fingerprint density at radius 3 is 2.35 bits per heavy atom. The van der Waals surface area contributed by atoms with E-state index >= 15 is 0 Å². The summed E-state index contributed by atoms with van der Waals surface area (Å²) < 4.78 is 28.3. The molecule has 0 aromatic heterocycles. The molecule has 162 valence electrons. The molecule has 2 N–H and O–H groups in total. The zero-order valence-electron chi connectivity index (χ0n) is 17.8. The van der Waals surface area contributed by atoms with Crippen LogP contribution in [0.1, 0.15) is 34.0 Å². The normalized spacial score (nSPS) is 11.2. The van der Waals surface area contributed by atoms with Gasteiger partial charge in [0.1, 0.15) is 0 Å². The molecule has 3 rings (SSSR count). The van der Waals surface area contributed by atoms with Crippen molar-refractivity contribution in [3.63, 3.8) is 0 Å². The van der Waals surface area contributed by atoms with E-state index in [0.717, 1.165) is 11.1 Å². The molecule has 0 radical (unpaired) electrons. The van der Waals surface area contributed by atoms with E-state index in [4.69, 9.17) is 0 Å². The van der Waals surface area contributed by atoms with Gasteiger partial charge in [-0.3, -0.25) is 4.72 Å². The summed E-state index contributed by atoms with van der Waals surface area (Å²) in [6.45, 7) is 6.64. The van der Waals surface area contributed by atoms with Gasteiger partial charge in [0.25, 0.3) is 10.0 Å². The van der Waals surface area contributed by atoms with E-state index in [-0.39, 0.29) is 16.1 Å². The Balaban J connectivity index is 1.94. The monoisotopic (exact) mass is 438 g/mol. The van der Waals surface area contributed by atoms with Crippen molar-refractivity contribution in [2.75, 3.05) is 16.2 Å². The number of carboxylic acid groups (broad SMARTS) is 1. The van der Waals surface area contributed by atoms with Crippen molar-refractivity contribution in [2.45, 2.75) is 32.2 Å². The second-order valence-electron chi connectivity index (χ2n) is 7.41. The van der Waals surface area contributed by atoms with E-state index in [1.807, 2.05) is 55.1 Å². The molecule has 0 atom stereocenters. The third-order valence-corrected chi connectivity index (χ3v) is 6.57. The van der Waals surface area contributed by atoms with Crippen molar-refractivity contribution in [3.8, 4) is 0 Å². The minimum atomic E-state index is -3.85. The maximum atomic E-state index is 12.9. The number of nitrogens with zero attached hydrogens (tertiary/aromatic N) is 1. The fourth-order valence-corrected chi connectivity index (χ4v) is 4.80. The molecule has 0 saturated heterocycles. The van der Waals surface area contributed by atoms with Crippen LogP contribution in [0.2, 0.25) is 0 Å². The number of hydrogen-bond donors (Lipinski definition) is 2. The Morgan fingerprint density at radius 2 is 1.71 bits per heavy atom. The molecule has 3 aromatic carbocycles. The first-order valence-electron chi connectivity index (χ1n) is 9.97. The Labute approximate surface area is 183 Å². The molecule has 0 saturated carbocycles. The summed E-state index contributed by atoms with van der Waals surface area (Å²) in [4.78, 5) is 14.1. The quantitative estimate of drug-likeness (QED) is 0.526. The fourth-order valence-electron chi connectivity index (χ4n) is 3.42. The molecular weight excluding hydrogens is 412 g/mol. The van der Waals surface area contributed by atoms with Crippen molar-refractivity contribution in [3.05, 3.63) is 89.0 Å². The molecule has 7 heteroatoms. The summed E-state index contributed by atoms with van der Waals surface area (Å²) in [7, 11) is -3.85. The highest BCUT2D eigenvalue weighted by Gasteiger charge is 2.20. The second-order valence-corrected chi connectivity index (χ2v) is 9.06. The molecule has 0 aliphatic heterocycles. The number of aryl methyl sites for hydroxylation is 2. The lowest BCUT2D eigenvalue weighted by Crippen LogP contribution is -2.24. The van der Waals surface area contributed by atoms with Crippen LogP contribution in [0.4, 0.5) is 11.4 Å². The van der Waals surface area contributed by atoms with E-state index < -0.39 is 16.0 Å². The van der Waals surface area contributed by atoms with Crippen LogP contribution >= 0.6 is 0 Å². The minimum Gasteiger partial charge on any atom is -0.478 e. The molecule has 3 aromatic rings. The number of benzene rings is 3. The highest BCUT2D eigenvalue weighted by molar-refractivity contribution is 7.92. The smallest absolute Gasteiger partial charge is 0.337 e. The third kappa shape index (κ3) is 5.24. The molecule has 0 aliphatic carbocycles. The molecule has 0 aliphatic rings. The van der Waals surface area contributed by atoms with Gasteiger partial charge in [-0.05, 0) is 61.7 Å². The standard InChI is InChI=1S/C24H26N2O4S/c1-4-26(16-19-8-6-5-7-9-19)22-13-12-20(15-21(22)24(27)28)25-31(29,30)23-14-17(2)10-11-18(23)3/h5-15,25H,4,16H2,1-3H3,(H,27,28). The number of carboxylic acids is 1. The molecule has 0 amide bonds. The maximum absolute atomic E-state index is 12.9. The zero-order valence-corrected chi connectivity index (χ0v) is 18.6. The maximum Gasteiger partial charge on any atom is 0.337 e. The number of anilines is 2. The summed E-state index contributed by atoms with van der Waals surface area (Å²) in [5.41, 5.74) is 3.28. The Hall–Kier alpha value is -3.32. The van der Waals surface area contributed by atoms with Crippen LogP contribution in [0.3, 0.4) is 0 Å². The summed E-state index contributed by atoms with van der Waals surface area (Å²) in [6, 6.07) is 19.6. The van der Waals surface area contributed by atoms with E-state index in [1.54, 1.807) is 31.2 Å². The topological polar surface area (TPSA) is 86.7 Å². The minimum absolute atomic E-state index is 0.0407. The summed E-state index contributed by atoms with van der Waals surface area (Å²) >= 11 is 0. The predicted octanol–water partition coefficient (Wildman–Crippen LogP) is 4.83. The van der Waals surface area contributed by atoms with Crippen molar-refractivity contribution >= 4 is 27.4 Å². The molecule has 0 bridgehead atoms. The molecule has 6 nitrogen and oxygen atoms in total. The summed E-state index contributed by atoms with van der Waals surface area (Å²) in [5.74, 6) is -1.12. The van der Waals surface area contributed by atoms with Gasteiger partial charge in [-0.15, -0.1) is 0 Å². The van der Waals surface area contributed by atoms with Gasteiger partial charge in [0.15, 0.2) is 0 Å². The first-order chi connectivity index (χ1) is 14.7. The summed E-state index contributed by atoms with van der Waals surface area (Å²) in [6.07, 6.45) is 0. The van der Waals surface area contributed by atoms with Crippen LogP contribution in [0.15, 0.2) is 71.6 Å². The highest BCUT2D eigenvalue weighted by Crippen LogP contribution is 2.28. The fraction of sp³-hybridized carbons (Fsp3) is 0.208. The van der Waals surface area contributed by atoms with Crippen molar-refractivity contribution in [1.29, 1.82) is 0 Å². The molecule has 0 heterocycles. The lowest BCUT2D eigenvalue weighted by Gasteiger charge is -2.25. The lowest BCUT2D eigenvalue weighted by atomic mass is 10.1. The molecule has 0 unspecified atom stereocenters. The Kier molecular flexibility index (Phi) is 6.65. The number of rotatable bonds is 8. The first-order valence-corrected chi connectivity index (χ1v) is 11.5. The summed E-state index contributed by atoms with van der Waals surface area (Å²) in [5, 5.41) is 9.79. The lowest BCUT2D eigenvalue weighted by molar-refractivity contribution is 0.0697. The zero-order chi connectivity index (χ0) is 22.6. The first kappa shape index (κ1) is 22.4. The van der Waals surface area contributed by atoms with Gasteiger partial charge in [0.05, 0.1) is 16.1 Å². The van der Waals surface area contributed by atoms with Crippen LogP contribution in [0.5, 0.6) is 0 Å². The highest BCUT2D eigenvalue weighted by atomic mass is 32.2. The Morgan fingerprint density at radius 1 is 1.00 bits per heavy atom. The SMILES string of the molecule is CCN(Cc1ccccc1)c1ccc(NS(=O)(=O)c2cc(C)ccc2C)cc1C(=O)O. The van der Waals surface area contributed by atoms with Gasteiger partial charge >= 0.3 is 5.97 Å². The Bertz CT molecular complexity index is 1190. The van der Waals surface area contributed by atoms with Crippen molar-refractivity contribution < 1.29 is 18.3 Å². The number of nitrogens with one attached hydrogen (secondary N) is 1. The van der Waals surface area contributed by atoms with Crippen LogP contribution in [0.25, 0.3) is 0 Å². The van der Waals surface area contributed by atoms with Gasteiger partial charge in [-0.1, -0.05) is 42.5 Å². The average molecular weight is 439 g/mol. The van der Waals surface area contributed by atoms with Gasteiger partial charge in [-0.2, -0.15) is 0 Å². The van der Waals surface area contributed by atoms with Crippen LogP contribution in [-0.2, 0) is 16.6 Å². The van der Waals surface area contributed by atoms with Crippen LogP contribution in [-0.4, -0.2) is 26.0 Å². The number of aromatic carboxylic acids is 1. The second kappa shape index (κ2) is 9.22. The van der Waals surface area contributed by atoms with Gasteiger partial charge in [0.2, 0.25) is 0 Å². The largest absolute Gasteiger partial charge is 0.478 e. The van der Waals surface area contributed by atoms with Crippen LogP contribution in [0, 0.1) is 13.8 Å². The van der Waals surface area contributed by atoms with Crippen molar-refractivity contribution in [1.82, 2.24) is 0 Å². The van der Waals surface area contributed by atoms with Crippen LogP contribution < -0.4 is 9.62 Å². The van der Waals surface area contributed by atoms with Gasteiger partial charge in [0, 0.05) is 18.8 Å². The van der Waals surface area contributed by atoms with Gasteiger partial charge < -0.3 is 10.0 Å². The van der Waals surface area contributed by atoms with E-state index in [2.05, 4.69) is 4.72 Å². The number of hydrogen-bond acceptors (Lipinski definition) is 4. The molecule has 0 spiro atoms. The molecule has 31 heavy (non-hydrogen) atoms. The predicted molar refractivity (Wildman–Crippen MR) is 123 cm³/mol. The van der Waals surface area contributed by atoms with E-state index in [1.165, 1.54) is 6.07 Å². The number of sulfonamides is 1. The molecule has 0 fully saturated rings. The van der Waals surface area contributed by atoms with Crippen molar-refractivity contribution in [2.24, 2.45) is 0 Å². The average Bonchev–Trinajstić information content (AvgIpc) is 2.74. The molecular formula is C24H26N2O4S. The van der Waals surface area contributed by atoms with Gasteiger partial charge in [-0.25, -0.2) is 13.2 Å². The number of carbonyl (C=O) groups is 1.